The van der Waals surface area contributed by atoms with E-state index in [-0.39, 0.29) is 17.2 Å². The van der Waals surface area contributed by atoms with Gasteiger partial charge in [-0.05, 0) is 38.1 Å². The van der Waals surface area contributed by atoms with E-state index in [0.717, 1.165) is 19.3 Å². The van der Waals surface area contributed by atoms with Crippen molar-refractivity contribution in [3.63, 3.8) is 0 Å². The number of sulfone groups is 1. The molecule has 0 amide bonds. The average Bonchev–Trinajstić information content (AvgIpc) is 2.15. The maximum Gasteiger partial charge on any atom is 0.154 e. The molecule has 3 unspecified atom stereocenters. The Balaban J connectivity index is 2.81. The zero-order chi connectivity index (χ0) is 12.3. The van der Waals surface area contributed by atoms with Crippen LogP contribution in [0.4, 0.5) is 0 Å². The number of nitrogens with one attached hydrogen (secondary N) is 1. The van der Waals surface area contributed by atoms with Crippen LogP contribution in [0.3, 0.4) is 0 Å². The monoisotopic (exact) mass is 247 g/mol. The number of hydrogen-bond donors (Lipinski definition) is 1. The lowest BCUT2D eigenvalue weighted by atomic mass is 9.87. The van der Waals surface area contributed by atoms with E-state index in [1.165, 1.54) is 0 Å². The Labute approximate surface area is 99.9 Å². The molecule has 3 atom stereocenters. The normalized spacial score (nSPS) is 31.9. The van der Waals surface area contributed by atoms with Gasteiger partial charge >= 0.3 is 0 Å². The molecule has 3 nitrogen and oxygen atoms in total. The lowest BCUT2D eigenvalue weighted by Gasteiger charge is -2.34. The van der Waals surface area contributed by atoms with Crippen LogP contribution in [0.15, 0.2) is 0 Å². The molecule has 0 aromatic heterocycles. The van der Waals surface area contributed by atoms with Crippen LogP contribution < -0.4 is 5.32 Å². The molecule has 0 radical (unpaired) electrons. The minimum atomic E-state index is -2.94. The lowest BCUT2D eigenvalue weighted by molar-refractivity contribution is 0.318. The summed E-state index contributed by atoms with van der Waals surface area (Å²) in [5.74, 6) is 1.08. The third-order valence-corrected chi connectivity index (χ3v) is 6.03. The molecule has 0 heterocycles. The SMILES string of the molecule is CNC1CCC(C)CC1S(=O)(=O)CC(C)C. The van der Waals surface area contributed by atoms with Crippen molar-refractivity contribution >= 4 is 9.84 Å². The van der Waals surface area contributed by atoms with Crippen molar-refractivity contribution in [2.75, 3.05) is 12.8 Å². The van der Waals surface area contributed by atoms with Crippen molar-refractivity contribution in [3.8, 4) is 0 Å². The highest BCUT2D eigenvalue weighted by Crippen LogP contribution is 2.29. The summed E-state index contributed by atoms with van der Waals surface area (Å²) in [6.45, 7) is 6.10. The van der Waals surface area contributed by atoms with Gasteiger partial charge in [-0.3, -0.25) is 0 Å². The van der Waals surface area contributed by atoms with Gasteiger partial charge in [0.1, 0.15) is 0 Å². The Kier molecular flexibility index (Phi) is 4.80. The minimum Gasteiger partial charge on any atom is -0.316 e. The summed E-state index contributed by atoms with van der Waals surface area (Å²) in [5.41, 5.74) is 0. The molecule has 0 spiro atoms. The van der Waals surface area contributed by atoms with Gasteiger partial charge in [0.25, 0.3) is 0 Å². The summed E-state index contributed by atoms with van der Waals surface area (Å²) >= 11 is 0. The first kappa shape index (κ1) is 14.0. The largest absolute Gasteiger partial charge is 0.316 e. The summed E-state index contributed by atoms with van der Waals surface area (Å²) < 4.78 is 24.5. The number of rotatable bonds is 4. The third kappa shape index (κ3) is 3.45. The molecular weight excluding hydrogens is 222 g/mol. The second-order valence-corrected chi connectivity index (χ2v) is 7.84. The van der Waals surface area contributed by atoms with Crippen LogP contribution in [-0.4, -0.2) is 32.5 Å². The predicted octanol–water partition coefficient (Wildman–Crippen LogP) is 1.83. The molecule has 1 fully saturated rings. The summed E-state index contributed by atoms with van der Waals surface area (Å²) in [6.07, 6.45) is 2.94. The van der Waals surface area contributed by atoms with E-state index in [9.17, 15) is 8.42 Å². The third-order valence-electron chi connectivity index (χ3n) is 3.45. The average molecular weight is 247 g/mol. The Morgan fingerprint density at radius 3 is 2.44 bits per heavy atom. The molecule has 96 valence electrons. The topological polar surface area (TPSA) is 46.2 Å². The van der Waals surface area contributed by atoms with Gasteiger partial charge in [-0.2, -0.15) is 0 Å². The lowest BCUT2D eigenvalue weighted by Crippen LogP contribution is -2.47. The fraction of sp³-hybridized carbons (Fsp3) is 1.00. The molecule has 1 N–H and O–H groups in total. The fourth-order valence-electron chi connectivity index (χ4n) is 2.64. The fourth-order valence-corrected chi connectivity index (χ4v) is 5.21. The van der Waals surface area contributed by atoms with Crippen LogP contribution in [0.1, 0.15) is 40.0 Å². The molecule has 1 saturated carbocycles. The summed E-state index contributed by atoms with van der Waals surface area (Å²) in [6, 6.07) is 0.153. The molecule has 1 aliphatic rings. The van der Waals surface area contributed by atoms with E-state index in [2.05, 4.69) is 12.2 Å². The number of hydrogen-bond acceptors (Lipinski definition) is 3. The van der Waals surface area contributed by atoms with Crippen LogP contribution in [0.5, 0.6) is 0 Å². The van der Waals surface area contributed by atoms with Crippen molar-refractivity contribution in [3.05, 3.63) is 0 Å². The van der Waals surface area contributed by atoms with Crippen LogP contribution in [0.25, 0.3) is 0 Å². The van der Waals surface area contributed by atoms with Gasteiger partial charge in [0.05, 0.1) is 11.0 Å². The van der Waals surface area contributed by atoms with E-state index in [0.29, 0.717) is 11.7 Å². The molecule has 1 aliphatic carbocycles. The quantitative estimate of drug-likeness (QED) is 0.824. The maximum absolute atomic E-state index is 12.3. The molecular formula is C12H25NO2S. The van der Waals surface area contributed by atoms with Crippen molar-refractivity contribution in [1.29, 1.82) is 0 Å². The van der Waals surface area contributed by atoms with Crippen molar-refractivity contribution < 1.29 is 8.42 Å². The predicted molar refractivity (Wildman–Crippen MR) is 68.3 cm³/mol. The van der Waals surface area contributed by atoms with Crippen LogP contribution in [-0.2, 0) is 9.84 Å². The van der Waals surface area contributed by atoms with Crippen molar-refractivity contribution in [2.24, 2.45) is 11.8 Å². The van der Waals surface area contributed by atoms with Crippen LogP contribution in [0.2, 0.25) is 0 Å². The first-order valence-corrected chi connectivity index (χ1v) is 7.97. The molecule has 4 heteroatoms. The van der Waals surface area contributed by atoms with Crippen LogP contribution >= 0.6 is 0 Å². The minimum absolute atomic E-state index is 0.153. The van der Waals surface area contributed by atoms with Crippen LogP contribution in [0, 0.1) is 11.8 Å². The van der Waals surface area contributed by atoms with Gasteiger partial charge in [0.15, 0.2) is 9.84 Å². The molecule has 0 saturated heterocycles. The highest BCUT2D eigenvalue weighted by atomic mass is 32.2. The Hall–Kier alpha value is -0.0900. The van der Waals surface area contributed by atoms with Gasteiger partial charge in [-0.1, -0.05) is 20.8 Å². The Morgan fingerprint density at radius 2 is 1.94 bits per heavy atom. The Morgan fingerprint density at radius 1 is 1.31 bits per heavy atom. The highest BCUT2D eigenvalue weighted by molar-refractivity contribution is 7.92. The second kappa shape index (κ2) is 5.50. The van der Waals surface area contributed by atoms with Crippen molar-refractivity contribution in [2.45, 2.75) is 51.3 Å². The zero-order valence-corrected chi connectivity index (χ0v) is 11.7. The zero-order valence-electron chi connectivity index (χ0n) is 10.9. The van der Waals surface area contributed by atoms with Gasteiger partial charge in [0, 0.05) is 6.04 Å². The van der Waals surface area contributed by atoms with Gasteiger partial charge in [-0.15, -0.1) is 0 Å². The first-order chi connectivity index (χ1) is 7.36. The Bertz CT molecular complexity index is 311. The van der Waals surface area contributed by atoms with Gasteiger partial charge in [-0.25, -0.2) is 8.42 Å². The maximum atomic E-state index is 12.3. The van der Waals surface area contributed by atoms with Gasteiger partial charge in [0.2, 0.25) is 0 Å². The standard InChI is InChI=1S/C12H25NO2S/c1-9(2)8-16(14,15)12-7-10(3)5-6-11(12)13-4/h9-13H,5-8H2,1-4H3. The highest BCUT2D eigenvalue weighted by Gasteiger charge is 2.37. The summed E-state index contributed by atoms with van der Waals surface area (Å²) in [4.78, 5) is 0. The molecule has 0 aromatic carbocycles. The molecule has 0 aliphatic heterocycles. The van der Waals surface area contributed by atoms with E-state index in [4.69, 9.17) is 0 Å². The van der Waals surface area contributed by atoms with E-state index in [1.54, 1.807) is 0 Å². The first-order valence-electron chi connectivity index (χ1n) is 6.25. The second-order valence-electron chi connectivity index (χ2n) is 5.58. The molecule has 0 bridgehead atoms. The molecule has 0 aromatic rings. The van der Waals surface area contributed by atoms with E-state index < -0.39 is 9.84 Å². The summed E-state index contributed by atoms with van der Waals surface area (Å²) in [5, 5.41) is 3.00. The van der Waals surface area contributed by atoms with E-state index in [1.807, 2.05) is 20.9 Å². The summed E-state index contributed by atoms with van der Waals surface area (Å²) in [7, 11) is -1.07. The smallest absolute Gasteiger partial charge is 0.154 e. The molecule has 16 heavy (non-hydrogen) atoms. The molecule has 1 rings (SSSR count). The van der Waals surface area contributed by atoms with Gasteiger partial charge < -0.3 is 5.32 Å². The van der Waals surface area contributed by atoms with Crippen molar-refractivity contribution in [1.82, 2.24) is 5.32 Å². The van der Waals surface area contributed by atoms with E-state index >= 15 is 0 Å².